The van der Waals surface area contributed by atoms with E-state index in [4.69, 9.17) is 9.84 Å². The Morgan fingerprint density at radius 3 is 1.71 bits per heavy atom. The number of nitrogens with one attached hydrogen (secondary N) is 1. The van der Waals surface area contributed by atoms with E-state index in [-0.39, 0.29) is 24.5 Å². The summed E-state index contributed by atoms with van der Waals surface area (Å²) in [6.07, 6.45) is 42.0. The van der Waals surface area contributed by atoms with Crippen molar-refractivity contribution in [2.45, 2.75) is 246 Å². The SMILES string of the molecule is CCCCCCCCCCCCCCCCCCCCCCCC(=O)OC1CCC2(C)C(CCC3C2CCC2(C)C(C(C)CCC(=O)NCC(=O)O)CCC32)C1. The normalized spacial score (nSPS) is 30.2. The van der Waals surface area contributed by atoms with Crippen molar-refractivity contribution in [1.29, 1.82) is 0 Å². The number of carboxylic acids is 1. The number of ether oxygens (including phenoxy) is 1. The van der Waals surface area contributed by atoms with Crippen molar-refractivity contribution in [1.82, 2.24) is 5.32 Å². The zero-order valence-corrected chi connectivity index (χ0v) is 37.2. The van der Waals surface area contributed by atoms with Gasteiger partial charge in [0, 0.05) is 12.8 Å². The van der Waals surface area contributed by atoms with Crippen LogP contribution in [0.1, 0.15) is 240 Å². The largest absolute Gasteiger partial charge is 0.480 e. The molecule has 6 heteroatoms. The van der Waals surface area contributed by atoms with Crippen LogP contribution in [0.2, 0.25) is 0 Å². The molecule has 2 N–H and O–H groups in total. The molecular weight excluding hydrogens is 695 g/mol. The third-order valence-electron chi connectivity index (χ3n) is 16.4. The molecule has 4 rings (SSSR count). The molecule has 0 radical (unpaired) electrons. The van der Waals surface area contributed by atoms with Gasteiger partial charge in [-0.25, -0.2) is 0 Å². The molecule has 0 aromatic heterocycles. The number of fused-ring (bicyclic) bond motifs is 5. The van der Waals surface area contributed by atoms with Gasteiger partial charge in [-0.1, -0.05) is 156 Å². The summed E-state index contributed by atoms with van der Waals surface area (Å²) in [5.41, 5.74) is 0.713. The predicted octanol–water partition coefficient (Wildman–Crippen LogP) is 13.8. The number of unbranched alkanes of at least 4 members (excludes halogenated alkanes) is 20. The molecule has 0 aliphatic heterocycles. The molecule has 324 valence electrons. The van der Waals surface area contributed by atoms with Crippen LogP contribution in [0.25, 0.3) is 0 Å². The summed E-state index contributed by atoms with van der Waals surface area (Å²) in [6, 6.07) is 0. The molecule has 0 saturated heterocycles. The van der Waals surface area contributed by atoms with E-state index < -0.39 is 5.97 Å². The van der Waals surface area contributed by atoms with Crippen molar-refractivity contribution >= 4 is 17.8 Å². The lowest BCUT2D eigenvalue weighted by molar-refractivity contribution is -0.162. The highest BCUT2D eigenvalue weighted by molar-refractivity contribution is 5.81. The lowest BCUT2D eigenvalue weighted by atomic mass is 9.44. The monoisotopic (exact) mass is 784 g/mol. The van der Waals surface area contributed by atoms with E-state index in [1.54, 1.807) is 0 Å². The highest BCUT2D eigenvalue weighted by atomic mass is 16.5. The van der Waals surface area contributed by atoms with Gasteiger partial charge < -0.3 is 15.2 Å². The first-order valence-electron chi connectivity index (χ1n) is 24.8. The van der Waals surface area contributed by atoms with Crippen LogP contribution < -0.4 is 5.32 Å². The Morgan fingerprint density at radius 2 is 1.16 bits per heavy atom. The molecule has 56 heavy (non-hydrogen) atoms. The molecule has 0 spiro atoms. The molecule has 0 bridgehead atoms. The second kappa shape index (κ2) is 25.1. The Morgan fingerprint density at radius 1 is 0.643 bits per heavy atom. The van der Waals surface area contributed by atoms with Crippen molar-refractivity contribution < 1.29 is 24.2 Å². The Kier molecular flexibility index (Phi) is 21.1. The van der Waals surface area contributed by atoms with Gasteiger partial charge in [-0.05, 0) is 117 Å². The summed E-state index contributed by atoms with van der Waals surface area (Å²) in [4.78, 5) is 36.0. The predicted molar refractivity (Wildman–Crippen MR) is 231 cm³/mol. The molecule has 4 aliphatic carbocycles. The molecule has 0 heterocycles. The van der Waals surface area contributed by atoms with Gasteiger partial charge in [0.25, 0.3) is 0 Å². The number of carbonyl (C=O) groups excluding carboxylic acids is 2. The number of esters is 1. The third-order valence-corrected chi connectivity index (χ3v) is 16.4. The van der Waals surface area contributed by atoms with Crippen LogP contribution in [-0.4, -0.2) is 35.6 Å². The first kappa shape index (κ1) is 47.1. The Hall–Kier alpha value is -1.59. The van der Waals surface area contributed by atoms with E-state index in [1.807, 2.05) is 0 Å². The van der Waals surface area contributed by atoms with Gasteiger partial charge in [-0.3, -0.25) is 14.4 Å². The van der Waals surface area contributed by atoms with Gasteiger partial charge in [0.05, 0.1) is 0 Å². The molecule has 9 atom stereocenters. The van der Waals surface area contributed by atoms with Crippen molar-refractivity contribution in [3.05, 3.63) is 0 Å². The second-order valence-corrected chi connectivity index (χ2v) is 20.3. The number of carboxylic acid groups (broad SMARTS) is 1. The van der Waals surface area contributed by atoms with E-state index in [0.29, 0.717) is 41.4 Å². The van der Waals surface area contributed by atoms with Crippen LogP contribution in [0.4, 0.5) is 0 Å². The van der Waals surface area contributed by atoms with Gasteiger partial charge in [0.1, 0.15) is 12.6 Å². The molecule has 0 aromatic carbocycles. The van der Waals surface area contributed by atoms with Crippen molar-refractivity contribution in [2.24, 2.45) is 46.3 Å². The summed E-state index contributed by atoms with van der Waals surface area (Å²) < 4.78 is 6.16. The van der Waals surface area contributed by atoms with E-state index in [9.17, 15) is 14.4 Å². The van der Waals surface area contributed by atoms with Crippen LogP contribution in [0, 0.1) is 46.3 Å². The van der Waals surface area contributed by atoms with Gasteiger partial charge >= 0.3 is 11.9 Å². The van der Waals surface area contributed by atoms with E-state index in [0.717, 1.165) is 49.9 Å². The van der Waals surface area contributed by atoms with E-state index in [1.165, 1.54) is 167 Å². The van der Waals surface area contributed by atoms with Crippen molar-refractivity contribution in [3.8, 4) is 0 Å². The Balaban J connectivity index is 1.01. The number of rotatable bonds is 29. The first-order valence-corrected chi connectivity index (χ1v) is 24.8. The van der Waals surface area contributed by atoms with Gasteiger partial charge in [0.15, 0.2) is 0 Å². The van der Waals surface area contributed by atoms with Crippen LogP contribution >= 0.6 is 0 Å². The smallest absolute Gasteiger partial charge is 0.322 e. The van der Waals surface area contributed by atoms with Crippen LogP contribution in [-0.2, 0) is 19.1 Å². The van der Waals surface area contributed by atoms with Crippen LogP contribution in [0.3, 0.4) is 0 Å². The molecular formula is C50H89NO5. The molecule has 4 aliphatic rings. The maximum absolute atomic E-state index is 12.9. The summed E-state index contributed by atoms with van der Waals surface area (Å²) >= 11 is 0. The average molecular weight is 784 g/mol. The highest BCUT2D eigenvalue weighted by Crippen LogP contribution is 2.68. The Labute approximate surface area is 345 Å². The first-order chi connectivity index (χ1) is 27.1. The number of carbonyl (C=O) groups is 3. The molecule has 4 saturated carbocycles. The fourth-order valence-electron chi connectivity index (χ4n) is 13.1. The molecule has 4 fully saturated rings. The minimum absolute atomic E-state index is 0.0454. The van der Waals surface area contributed by atoms with E-state index in [2.05, 4.69) is 33.0 Å². The zero-order chi connectivity index (χ0) is 40.2. The lowest BCUT2D eigenvalue weighted by Gasteiger charge is -2.61. The summed E-state index contributed by atoms with van der Waals surface area (Å²) in [6.45, 7) is 9.50. The van der Waals surface area contributed by atoms with Crippen molar-refractivity contribution in [3.63, 3.8) is 0 Å². The van der Waals surface area contributed by atoms with Crippen LogP contribution in [0.15, 0.2) is 0 Å². The Bertz CT molecular complexity index is 1140. The highest BCUT2D eigenvalue weighted by Gasteiger charge is 2.60. The van der Waals surface area contributed by atoms with Gasteiger partial charge in [0.2, 0.25) is 5.91 Å². The standard InChI is InChI=1S/C50H89NO5/c1-5-6-7-8-9-10-11-12-13-14-15-16-17-18-19-20-21-22-23-24-25-26-48(55)56-41-33-35-49(3)40(37-41)28-29-42-44-31-30-43(50(44,4)36-34-45(42)49)39(2)27-32-46(52)51-38-47(53)54/h39-45H,5-38H2,1-4H3,(H,51,52)(H,53,54). The lowest BCUT2D eigenvalue weighted by Crippen LogP contribution is -2.54. The third kappa shape index (κ3) is 14.6. The summed E-state index contributed by atoms with van der Waals surface area (Å²) in [5, 5.41) is 11.4. The molecule has 0 aromatic rings. The van der Waals surface area contributed by atoms with Gasteiger partial charge in [-0.2, -0.15) is 0 Å². The fraction of sp³-hybridized carbons (Fsp3) is 0.940. The van der Waals surface area contributed by atoms with Crippen LogP contribution in [0.5, 0.6) is 0 Å². The average Bonchev–Trinajstić information content (AvgIpc) is 3.54. The summed E-state index contributed by atoms with van der Waals surface area (Å²) in [7, 11) is 0. The quantitative estimate of drug-likeness (QED) is 0.0582. The second-order valence-electron chi connectivity index (χ2n) is 20.3. The molecule has 9 unspecified atom stereocenters. The number of hydrogen-bond donors (Lipinski definition) is 2. The molecule has 1 amide bonds. The number of amides is 1. The minimum atomic E-state index is -0.987. The zero-order valence-electron chi connectivity index (χ0n) is 37.2. The topological polar surface area (TPSA) is 92.7 Å². The van der Waals surface area contributed by atoms with Gasteiger partial charge in [-0.15, -0.1) is 0 Å². The van der Waals surface area contributed by atoms with Crippen molar-refractivity contribution in [2.75, 3.05) is 6.54 Å². The van der Waals surface area contributed by atoms with E-state index >= 15 is 0 Å². The maximum atomic E-state index is 12.9. The maximum Gasteiger partial charge on any atom is 0.322 e. The molecule has 6 nitrogen and oxygen atoms in total. The fourth-order valence-corrected chi connectivity index (χ4v) is 13.1. The minimum Gasteiger partial charge on any atom is -0.480 e. The summed E-state index contributed by atoms with van der Waals surface area (Å²) in [5.74, 6) is 3.07. The number of aliphatic carboxylic acids is 1. The number of hydrogen-bond acceptors (Lipinski definition) is 4.